The number of rotatable bonds is 3. The van der Waals surface area contributed by atoms with Crippen LogP contribution in [0.25, 0.3) is 0 Å². The number of hydrogen-bond acceptors (Lipinski definition) is 4. The van der Waals surface area contributed by atoms with Gasteiger partial charge in [0.1, 0.15) is 0 Å². The first kappa shape index (κ1) is 14.8. The Morgan fingerprint density at radius 2 is 1.52 bits per heavy atom. The van der Waals surface area contributed by atoms with Crippen molar-refractivity contribution in [1.82, 2.24) is 10.2 Å². The van der Waals surface area contributed by atoms with Crippen molar-refractivity contribution in [3.8, 4) is 0 Å². The summed E-state index contributed by atoms with van der Waals surface area (Å²) in [6, 6.07) is 3.13. The maximum atomic E-state index is 12.0. The molecule has 1 fully saturated rings. The van der Waals surface area contributed by atoms with Crippen molar-refractivity contribution in [2.75, 3.05) is 31.5 Å². The van der Waals surface area contributed by atoms with Crippen molar-refractivity contribution in [2.45, 2.75) is 0 Å². The van der Waals surface area contributed by atoms with Crippen LogP contribution in [0.2, 0.25) is 0 Å². The fraction of sp³-hybridized carbons (Fsp3) is 0.308. The molecule has 0 atom stereocenters. The molecule has 0 bridgehead atoms. The second kappa shape index (κ2) is 6.23. The lowest BCUT2D eigenvalue weighted by Crippen LogP contribution is -2.48. The summed E-state index contributed by atoms with van der Waals surface area (Å²) in [6.45, 7) is 2.44. The fourth-order valence-corrected chi connectivity index (χ4v) is 2.02. The third-order valence-corrected chi connectivity index (χ3v) is 3.08. The number of carboxylic acids is 2. The minimum absolute atomic E-state index is 0.149. The molecule has 1 heterocycles. The number of carbonyl (C=O) groups excluding carboxylic acids is 1. The second-order valence-corrected chi connectivity index (χ2v) is 4.58. The van der Waals surface area contributed by atoms with E-state index >= 15 is 0 Å². The van der Waals surface area contributed by atoms with E-state index in [4.69, 9.17) is 10.2 Å². The monoisotopic (exact) mass is 293 g/mol. The predicted molar refractivity (Wildman–Crippen MR) is 73.8 cm³/mol. The summed E-state index contributed by atoms with van der Waals surface area (Å²) < 4.78 is 0. The molecule has 112 valence electrons. The highest BCUT2D eigenvalue weighted by Crippen LogP contribution is 2.16. The molecule has 2 amide bonds. The van der Waals surface area contributed by atoms with Gasteiger partial charge in [0.05, 0.1) is 11.1 Å². The number of amides is 2. The first-order chi connectivity index (χ1) is 9.97. The first-order valence-corrected chi connectivity index (χ1v) is 6.35. The van der Waals surface area contributed by atoms with Crippen LogP contribution in [-0.4, -0.2) is 59.3 Å². The zero-order valence-electron chi connectivity index (χ0n) is 11.1. The zero-order valence-corrected chi connectivity index (χ0v) is 11.1. The van der Waals surface area contributed by atoms with Gasteiger partial charge in [-0.3, -0.25) is 0 Å². The van der Waals surface area contributed by atoms with Gasteiger partial charge in [-0.2, -0.15) is 0 Å². The minimum Gasteiger partial charge on any atom is -0.478 e. The second-order valence-electron chi connectivity index (χ2n) is 4.58. The van der Waals surface area contributed by atoms with Crippen molar-refractivity contribution in [3.63, 3.8) is 0 Å². The summed E-state index contributed by atoms with van der Waals surface area (Å²) in [4.78, 5) is 35.6. The number of aromatic carboxylic acids is 2. The zero-order chi connectivity index (χ0) is 15.4. The van der Waals surface area contributed by atoms with Gasteiger partial charge < -0.3 is 25.7 Å². The molecular formula is C13H15N3O5. The van der Waals surface area contributed by atoms with Crippen molar-refractivity contribution in [3.05, 3.63) is 29.3 Å². The van der Waals surface area contributed by atoms with Crippen LogP contribution in [0, 0.1) is 0 Å². The SMILES string of the molecule is O=C(O)c1cc(NC(=O)N2CCNCC2)cc(C(=O)O)c1. The van der Waals surface area contributed by atoms with E-state index in [2.05, 4.69) is 10.6 Å². The van der Waals surface area contributed by atoms with E-state index in [1.807, 2.05) is 0 Å². The molecule has 8 heteroatoms. The average Bonchev–Trinajstić information content (AvgIpc) is 2.47. The number of benzene rings is 1. The maximum absolute atomic E-state index is 12.0. The van der Waals surface area contributed by atoms with E-state index in [0.717, 1.165) is 6.07 Å². The summed E-state index contributed by atoms with van der Waals surface area (Å²) >= 11 is 0. The van der Waals surface area contributed by atoms with Crippen LogP contribution in [0.3, 0.4) is 0 Å². The summed E-state index contributed by atoms with van der Waals surface area (Å²) in [6.07, 6.45) is 0. The van der Waals surface area contributed by atoms with Gasteiger partial charge in [-0.25, -0.2) is 14.4 Å². The highest BCUT2D eigenvalue weighted by Gasteiger charge is 2.18. The number of nitrogens with zero attached hydrogens (tertiary/aromatic N) is 1. The fourth-order valence-electron chi connectivity index (χ4n) is 2.02. The van der Waals surface area contributed by atoms with E-state index in [9.17, 15) is 14.4 Å². The third kappa shape index (κ3) is 3.69. The van der Waals surface area contributed by atoms with E-state index in [1.165, 1.54) is 12.1 Å². The highest BCUT2D eigenvalue weighted by atomic mass is 16.4. The molecule has 0 aromatic heterocycles. The minimum atomic E-state index is -1.25. The molecule has 1 aromatic rings. The molecule has 1 aromatic carbocycles. The van der Waals surface area contributed by atoms with Crippen LogP contribution < -0.4 is 10.6 Å². The molecule has 0 saturated carbocycles. The Labute approximate surface area is 120 Å². The smallest absolute Gasteiger partial charge is 0.335 e. The Morgan fingerprint density at radius 3 is 2.00 bits per heavy atom. The molecule has 4 N–H and O–H groups in total. The van der Waals surface area contributed by atoms with Gasteiger partial charge >= 0.3 is 18.0 Å². The topological polar surface area (TPSA) is 119 Å². The van der Waals surface area contributed by atoms with Gasteiger partial charge in [-0.15, -0.1) is 0 Å². The van der Waals surface area contributed by atoms with Crippen LogP contribution in [0.4, 0.5) is 10.5 Å². The van der Waals surface area contributed by atoms with E-state index in [-0.39, 0.29) is 22.8 Å². The molecular weight excluding hydrogens is 278 g/mol. The molecule has 0 radical (unpaired) electrons. The standard InChI is InChI=1S/C13H15N3O5/c17-11(18)8-5-9(12(19)20)7-10(6-8)15-13(21)16-3-1-14-2-4-16/h5-7,14H,1-4H2,(H,15,21)(H,17,18)(H,19,20). The lowest BCUT2D eigenvalue weighted by atomic mass is 10.1. The van der Waals surface area contributed by atoms with Gasteiger partial charge in [-0.05, 0) is 18.2 Å². The predicted octanol–water partition coefficient (Wildman–Crippen LogP) is 0.520. The lowest BCUT2D eigenvalue weighted by Gasteiger charge is -2.27. The van der Waals surface area contributed by atoms with Crippen LogP contribution in [0.5, 0.6) is 0 Å². The van der Waals surface area contributed by atoms with Gasteiger partial charge in [-0.1, -0.05) is 0 Å². The van der Waals surface area contributed by atoms with Crippen molar-refractivity contribution < 1.29 is 24.6 Å². The number of urea groups is 1. The summed E-state index contributed by atoms with van der Waals surface area (Å²) in [5.41, 5.74) is -0.230. The van der Waals surface area contributed by atoms with Crippen molar-refractivity contribution in [2.24, 2.45) is 0 Å². The number of anilines is 1. The Morgan fingerprint density at radius 1 is 1.00 bits per heavy atom. The van der Waals surface area contributed by atoms with Gasteiger partial charge in [0.25, 0.3) is 0 Å². The molecule has 1 aliphatic rings. The quantitative estimate of drug-likeness (QED) is 0.645. The summed E-state index contributed by atoms with van der Waals surface area (Å²) in [5, 5.41) is 23.6. The summed E-state index contributed by atoms with van der Waals surface area (Å²) in [7, 11) is 0. The van der Waals surface area contributed by atoms with Crippen LogP contribution >= 0.6 is 0 Å². The molecule has 21 heavy (non-hydrogen) atoms. The highest BCUT2D eigenvalue weighted by molar-refractivity contribution is 5.98. The lowest BCUT2D eigenvalue weighted by molar-refractivity contribution is 0.0696. The number of carboxylic acid groups (broad SMARTS) is 2. The van der Waals surface area contributed by atoms with Crippen LogP contribution in [0.15, 0.2) is 18.2 Å². The average molecular weight is 293 g/mol. The van der Waals surface area contributed by atoms with Gasteiger partial charge in [0.2, 0.25) is 0 Å². The number of piperazine rings is 1. The molecule has 2 rings (SSSR count). The molecule has 8 nitrogen and oxygen atoms in total. The molecule has 1 saturated heterocycles. The van der Waals surface area contributed by atoms with Gasteiger partial charge in [0.15, 0.2) is 0 Å². The van der Waals surface area contributed by atoms with Crippen LogP contribution in [-0.2, 0) is 0 Å². The Kier molecular flexibility index (Phi) is 4.39. The normalized spacial score (nSPS) is 14.6. The Bertz CT molecular complexity index is 549. The molecule has 1 aliphatic heterocycles. The molecule has 0 unspecified atom stereocenters. The number of nitrogens with one attached hydrogen (secondary N) is 2. The number of hydrogen-bond donors (Lipinski definition) is 4. The van der Waals surface area contributed by atoms with E-state index < -0.39 is 11.9 Å². The molecule has 0 spiro atoms. The van der Waals surface area contributed by atoms with Crippen LogP contribution in [0.1, 0.15) is 20.7 Å². The maximum Gasteiger partial charge on any atom is 0.335 e. The van der Waals surface area contributed by atoms with Gasteiger partial charge in [0, 0.05) is 31.9 Å². The summed E-state index contributed by atoms with van der Waals surface area (Å²) in [5.74, 6) is -2.51. The van der Waals surface area contributed by atoms with Crippen molar-refractivity contribution >= 4 is 23.7 Å². The Balaban J connectivity index is 2.20. The van der Waals surface area contributed by atoms with E-state index in [1.54, 1.807) is 4.90 Å². The van der Waals surface area contributed by atoms with E-state index in [0.29, 0.717) is 26.2 Å². The largest absolute Gasteiger partial charge is 0.478 e. The third-order valence-electron chi connectivity index (χ3n) is 3.08. The van der Waals surface area contributed by atoms with Crippen molar-refractivity contribution in [1.29, 1.82) is 0 Å². The Hall–Kier alpha value is -2.61. The number of carbonyl (C=O) groups is 3. The molecule has 0 aliphatic carbocycles. The first-order valence-electron chi connectivity index (χ1n) is 6.35.